The zero-order valence-electron chi connectivity index (χ0n) is 8.79. The van der Waals surface area contributed by atoms with Crippen molar-refractivity contribution in [1.29, 1.82) is 0 Å². The van der Waals surface area contributed by atoms with Gasteiger partial charge in [0.15, 0.2) is 0 Å². The third kappa shape index (κ3) is 2.41. The Hall–Kier alpha value is -2.37. The summed E-state index contributed by atoms with van der Waals surface area (Å²) >= 11 is 0. The molecule has 0 atom stereocenters. The normalized spacial score (nSPS) is 14.4. The van der Waals surface area contributed by atoms with Crippen molar-refractivity contribution in [2.45, 2.75) is 0 Å². The van der Waals surface area contributed by atoms with Gasteiger partial charge >= 0.3 is 12.2 Å². The minimum Gasteiger partial charge on any atom is -0.447 e. The summed E-state index contributed by atoms with van der Waals surface area (Å²) in [5, 5.41) is 0. The van der Waals surface area contributed by atoms with Crippen LogP contribution in [-0.4, -0.2) is 36.5 Å². The van der Waals surface area contributed by atoms with Crippen LogP contribution in [0, 0.1) is 0 Å². The Morgan fingerprint density at radius 2 is 2.06 bits per heavy atom. The molecule has 6 nitrogen and oxygen atoms in total. The summed E-state index contributed by atoms with van der Waals surface area (Å²) < 4.78 is 9.54. The Bertz CT molecular complexity index is 453. The van der Waals surface area contributed by atoms with Gasteiger partial charge < -0.3 is 9.47 Å². The van der Waals surface area contributed by atoms with Crippen LogP contribution in [0.4, 0.5) is 9.59 Å². The molecule has 0 aliphatic carbocycles. The Kier molecular flexibility index (Phi) is 3.04. The molecule has 0 unspecified atom stereocenters. The molecule has 0 aromatic heterocycles. The van der Waals surface area contributed by atoms with Gasteiger partial charge in [0.1, 0.15) is 18.6 Å². The van der Waals surface area contributed by atoms with Crippen LogP contribution in [0.5, 0.6) is 5.75 Å². The van der Waals surface area contributed by atoms with E-state index in [0.717, 1.165) is 4.90 Å². The van der Waals surface area contributed by atoms with Crippen molar-refractivity contribution in [2.75, 3.05) is 13.2 Å². The molecule has 0 bridgehead atoms. The number of cyclic esters (lactones) is 1. The lowest BCUT2D eigenvalue weighted by molar-refractivity contribution is 0.112. The SMILES string of the molecule is O=Cc1ccc(OC(=O)N2CCOC2=O)cc1. The minimum atomic E-state index is -0.786. The summed E-state index contributed by atoms with van der Waals surface area (Å²) in [6, 6.07) is 5.97. The lowest BCUT2D eigenvalue weighted by Crippen LogP contribution is -2.34. The molecule has 0 N–H and O–H groups in total. The zero-order chi connectivity index (χ0) is 12.3. The number of imide groups is 1. The van der Waals surface area contributed by atoms with E-state index in [-0.39, 0.29) is 18.9 Å². The number of aldehydes is 1. The quantitative estimate of drug-likeness (QED) is 0.725. The van der Waals surface area contributed by atoms with E-state index in [4.69, 9.17) is 4.74 Å². The van der Waals surface area contributed by atoms with Gasteiger partial charge in [0, 0.05) is 5.56 Å². The van der Waals surface area contributed by atoms with Gasteiger partial charge in [-0.05, 0) is 24.3 Å². The number of hydrogen-bond acceptors (Lipinski definition) is 5. The Labute approximate surface area is 96.7 Å². The van der Waals surface area contributed by atoms with E-state index in [1.807, 2.05) is 0 Å². The molecule has 1 aromatic carbocycles. The van der Waals surface area contributed by atoms with Gasteiger partial charge in [-0.25, -0.2) is 14.5 Å². The van der Waals surface area contributed by atoms with Crippen LogP contribution in [0.2, 0.25) is 0 Å². The van der Waals surface area contributed by atoms with Crippen LogP contribution in [0.15, 0.2) is 24.3 Å². The second kappa shape index (κ2) is 4.65. The van der Waals surface area contributed by atoms with Crippen LogP contribution in [-0.2, 0) is 4.74 Å². The molecule has 88 valence electrons. The van der Waals surface area contributed by atoms with Crippen molar-refractivity contribution >= 4 is 18.5 Å². The molecular weight excluding hydrogens is 226 g/mol. The van der Waals surface area contributed by atoms with Crippen molar-refractivity contribution < 1.29 is 23.9 Å². The van der Waals surface area contributed by atoms with E-state index in [0.29, 0.717) is 11.8 Å². The van der Waals surface area contributed by atoms with Crippen LogP contribution in [0.1, 0.15) is 10.4 Å². The summed E-state index contributed by atoms with van der Waals surface area (Å²) in [5.74, 6) is 0.264. The predicted octanol–water partition coefficient (Wildman–Crippen LogP) is 1.45. The first-order valence-electron chi connectivity index (χ1n) is 4.92. The first-order chi connectivity index (χ1) is 8.20. The highest BCUT2D eigenvalue weighted by atomic mass is 16.6. The summed E-state index contributed by atoms with van der Waals surface area (Å²) in [5.41, 5.74) is 0.477. The molecule has 0 radical (unpaired) electrons. The molecule has 1 aliphatic heterocycles. The van der Waals surface area contributed by atoms with E-state index in [2.05, 4.69) is 4.74 Å². The van der Waals surface area contributed by atoms with E-state index >= 15 is 0 Å². The molecule has 1 aliphatic rings. The van der Waals surface area contributed by atoms with E-state index in [9.17, 15) is 14.4 Å². The van der Waals surface area contributed by atoms with Crippen molar-refractivity contribution in [2.24, 2.45) is 0 Å². The fourth-order valence-corrected chi connectivity index (χ4v) is 1.33. The first kappa shape index (κ1) is 11.1. The molecule has 0 saturated carbocycles. The molecule has 17 heavy (non-hydrogen) atoms. The maximum Gasteiger partial charge on any atom is 0.424 e. The van der Waals surface area contributed by atoms with Crippen molar-refractivity contribution in [3.8, 4) is 5.75 Å². The number of amides is 2. The van der Waals surface area contributed by atoms with Crippen molar-refractivity contribution in [3.63, 3.8) is 0 Å². The Morgan fingerprint density at radius 3 is 2.59 bits per heavy atom. The van der Waals surface area contributed by atoms with Gasteiger partial charge in [0.2, 0.25) is 0 Å². The van der Waals surface area contributed by atoms with E-state index in [1.54, 1.807) is 0 Å². The lowest BCUT2D eigenvalue weighted by atomic mass is 10.2. The second-order valence-electron chi connectivity index (χ2n) is 3.32. The smallest absolute Gasteiger partial charge is 0.424 e. The van der Waals surface area contributed by atoms with Gasteiger partial charge in [-0.3, -0.25) is 4.79 Å². The zero-order valence-corrected chi connectivity index (χ0v) is 8.79. The summed E-state index contributed by atoms with van der Waals surface area (Å²) in [4.78, 5) is 33.9. The average Bonchev–Trinajstić information content (AvgIpc) is 2.76. The molecule has 1 heterocycles. The van der Waals surface area contributed by atoms with E-state index in [1.165, 1.54) is 24.3 Å². The Morgan fingerprint density at radius 1 is 1.35 bits per heavy atom. The molecule has 6 heteroatoms. The summed E-state index contributed by atoms with van der Waals surface area (Å²) in [7, 11) is 0. The maximum absolute atomic E-state index is 11.5. The minimum absolute atomic E-state index is 0.179. The third-order valence-corrected chi connectivity index (χ3v) is 2.20. The molecule has 1 fully saturated rings. The van der Waals surface area contributed by atoms with Gasteiger partial charge in [0.25, 0.3) is 0 Å². The average molecular weight is 235 g/mol. The molecule has 2 amide bonds. The summed E-state index contributed by atoms with van der Waals surface area (Å²) in [6.07, 6.45) is -0.811. The van der Waals surface area contributed by atoms with Gasteiger partial charge in [-0.15, -0.1) is 0 Å². The number of nitrogens with zero attached hydrogens (tertiary/aromatic N) is 1. The first-order valence-corrected chi connectivity index (χ1v) is 4.92. The van der Waals surface area contributed by atoms with Crippen LogP contribution in [0.25, 0.3) is 0 Å². The fourth-order valence-electron chi connectivity index (χ4n) is 1.33. The fraction of sp³-hybridized carbons (Fsp3) is 0.182. The number of benzene rings is 1. The molecule has 1 saturated heterocycles. The number of ether oxygens (including phenoxy) is 2. The van der Waals surface area contributed by atoms with Crippen molar-refractivity contribution in [3.05, 3.63) is 29.8 Å². The summed E-state index contributed by atoms with van der Waals surface area (Å²) in [6.45, 7) is 0.363. The molecule has 0 spiro atoms. The van der Waals surface area contributed by atoms with Gasteiger partial charge in [-0.2, -0.15) is 0 Å². The Balaban J connectivity index is 2.02. The number of carbonyl (C=O) groups is 3. The number of rotatable bonds is 2. The number of carbonyl (C=O) groups excluding carboxylic acids is 3. The highest BCUT2D eigenvalue weighted by molar-refractivity contribution is 5.90. The predicted molar refractivity (Wildman–Crippen MR) is 55.9 cm³/mol. The largest absolute Gasteiger partial charge is 0.447 e. The van der Waals surface area contributed by atoms with Gasteiger partial charge in [0.05, 0.1) is 6.54 Å². The lowest BCUT2D eigenvalue weighted by Gasteiger charge is -2.10. The third-order valence-electron chi connectivity index (χ3n) is 2.20. The van der Waals surface area contributed by atoms with Crippen LogP contribution in [0.3, 0.4) is 0 Å². The monoisotopic (exact) mass is 235 g/mol. The van der Waals surface area contributed by atoms with Crippen LogP contribution < -0.4 is 4.74 Å². The molecular formula is C11H9NO5. The second-order valence-corrected chi connectivity index (χ2v) is 3.32. The highest BCUT2D eigenvalue weighted by Crippen LogP contribution is 2.14. The highest BCUT2D eigenvalue weighted by Gasteiger charge is 2.30. The van der Waals surface area contributed by atoms with Crippen LogP contribution >= 0.6 is 0 Å². The van der Waals surface area contributed by atoms with E-state index < -0.39 is 12.2 Å². The van der Waals surface area contributed by atoms with Crippen molar-refractivity contribution in [1.82, 2.24) is 4.90 Å². The van der Waals surface area contributed by atoms with Gasteiger partial charge in [-0.1, -0.05) is 0 Å². The topological polar surface area (TPSA) is 72.9 Å². The number of hydrogen-bond donors (Lipinski definition) is 0. The molecule has 2 rings (SSSR count). The standard InChI is InChI=1S/C11H9NO5/c13-7-8-1-3-9(4-2-8)17-11(15)12-5-6-16-10(12)14/h1-4,7H,5-6H2. The molecule has 1 aromatic rings. The maximum atomic E-state index is 11.5.